The summed E-state index contributed by atoms with van der Waals surface area (Å²) in [6.45, 7) is 0.564. The van der Waals surface area contributed by atoms with Crippen molar-refractivity contribution in [3.8, 4) is 22.6 Å². The molecule has 0 saturated carbocycles. The number of amides is 3. The molecule has 5 aromatic carbocycles. The lowest BCUT2D eigenvalue weighted by Crippen LogP contribution is -2.42. The van der Waals surface area contributed by atoms with E-state index in [-0.39, 0.29) is 25.5 Å². The maximum atomic E-state index is 14.1. The molecule has 5 rings (SSSR count). The van der Waals surface area contributed by atoms with Crippen LogP contribution >= 0.6 is 11.6 Å². The Morgan fingerprint density at radius 3 is 2.29 bits per heavy atom. The quantitative estimate of drug-likeness (QED) is 0.142. The number of nitrogens with zero attached hydrogens (tertiary/aromatic N) is 1. The van der Waals surface area contributed by atoms with Crippen molar-refractivity contribution in [2.24, 2.45) is 5.73 Å². The Morgan fingerprint density at radius 2 is 1.53 bits per heavy atom. The Morgan fingerprint density at radius 1 is 0.800 bits per heavy atom. The molecule has 3 amide bonds. The molecule has 0 aromatic heterocycles. The molecule has 0 aliphatic carbocycles. The van der Waals surface area contributed by atoms with Gasteiger partial charge in [0.05, 0.1) is 5.69 Å². The average Bonchev–Trinajstić information content (AvgIpc) is 3.07. The Labute approximate surface area is 266 Å². The number of nitrogens with two attached hydrogens (primary N) is 1. The lowest BCUT2D eigenvalue weighted by molar-refractivity contribution is 0.0986. The fraction of sp³-hybridized carbons (Fsp3) is 0.111. The first-order valence-corrected chi connectivity index (χ1v) is 14.8. The number of hydrogen-bond acceptors (Lipinski definition) is 4. The number of carbonyl (C=O) groups is 2. The predicted molar refractivity (Wildman–Crippen MR) is 176 cm³/mol. The number of benzene rings is 5. The average molecular weight is 623 g/mol. The van der Waals surface area contributed by atoms with Gasteiger partial charge in [-0.05, 0) is 59.2 Å². The van der Waals surface area contributed by atoms with Crippen LogP contribution < -0.4 is 26.0 Å². The molecule has 4 N–H and O–H groups in total. The van der Waals surface area contributed by atoms with E-state index in [4.69, 9.17) is 22.1 Å². The van der Waals surface area contributed by atoms with Gasteiger partial charge in [-0.3, -0.25) is 4.79 Å². The highest BCUT2D eigenvalue weighted by Crippen LogP contribution is 2.36. The van der Waals surface area contributed by atoms with Gasteiger partial charge >= 0.3 is 6.03 Å². The van der Waals surface area contributed by atoms with Crippen molar-refractivity contribution in [3.05, 3.63) is 149 Å². The minimum atomic E-state index is -0.496. The van der Waals surface area contributed by atoms with Crippen LogP contribution in [0.3, 0.4) is 0 Å². The lowest BCUT2D eigenvalue weighted by Gasteiger charge is -2.26. The van der Waals surface area contributed by atoms with Crippen LogP contribution in [0.15, 0.2) is 121 Å². The Bertz CT molecular complexity index is 1770. The van der Waals surface area contributed by atoms with Crippen molar-refractivity contribution in [1.29, 1.82) is 0 Å². The SMILES string of the molecule is NCc1cccc(Oc2cc(Cl)ccc2N(CCNC(=O)NCc2ccccc2F)C(=O)c2ccc(-c3ccccc3)cc2)c1. The van der Waals surface area contributed by atoms with Gasteiger partial charge in [0, 0.05) is 48.4 Å². The summed E-state index contributed by atoms with van der Waals surface area (Å²) < 4.78 is 20.2. The molecule has 0 saturated heterocycles. The van der Waals surface area contributed by atoms with Crippen molar-refractivity contribution >= 4 is 29.2 Å². The molecular formula is C36H32ClFN4O3. The summed E-state index contributed by atoms with van der Waals surface area (Å²) in [6, 6.07) is 35.3. The van der Waals surface area contributed by atoms with Gasteiger partial charge in [0.25, 0.3) is 5.91 Å². The smallest absolute Gasteiger partial charge is 0.315 e. The van der Waals surface area contributed by atoms with Crippen molar-refractivity contribution in [3.63, 3.8) is 0 Å². The minimum Gasteiger partial charge on any atom is -0.455 e. The molecule has 9 heteroatoms. The number of ether oxygens (including phenoxy) is 1. The first-order valence-electron chi connectivity index (χ1n) is 14.4. The number of urea groups is 1. The van der Waals surface area contributed by atoms with Crippen LogP contribution in [0, 0.1) is 5.82 Å². The molecule has 7 nitrogen and oxygen atoms in total. The molecule has 45 heavy (non-hydrogen) atoms. The number of rotatable bonds is 11. The highest BCUT2D eigenvalue weighted by atomic mass is 35.5. The number of hydrogen-bond donors (Lipinski definition) is 3. The number of carbonyl (C=O) groups excluding carboxylic acids is 2. The Kier molecular flexibility index (Phi) is 10.4. The van der Waals surface area contributed by atoms with Gasteiger partial charge in [-0.1, -0.05) is 84.4 Å². The molecule has 0 aliphatic rings. The minimum absolute atomic E-state index is 0.0198. The van der Waals surface area contributed by atoms with Crippen LogP contribution in [0.25, 0.3) is 11.1 Å². The zero-order chi connectivity index (χ0) is 31.6. The molecule has 0 atom stereocenters. The lowest BCUT2D eigenvalue weighted by atomic mass is 10.0. The van der Waals surface area contributed by atoms with E-state index in [1.54, 1.807) is 54.6 Å². The topological polar surface area (TPSA) is 96.7 Å². The molecule has 0 bridgehead atoms. The van der Waals surface area contributed by atoms with E-state index in [9.17, 15) is 14.0 Å². The summed E-state index contributed by atoms with van der Waals surface area (Å²) in [7, 11) is 0. The normalized spacial score (nSPS) is 10.6. The third-order valence-corrected chi connectivity index (χ3v) is 7.31. The van der Waals surface area contributed by atoms with Crippen LogP contribution in [-0.4, -0.2) is 25.0 Å². The highest BCUT2D eigenvalue weighted by Gasteiger charge is 2.22. The van der Waals surface area contributed by atoms with Crippen molar-refractivity contribution < 1.29 is 18.7 Å². The molecule has 5 aromatic rings. The monoisotopic (exact) mass is 622 g/mol. The summed E-state index contributed by atoms with van der Waals surface area (Å²) in [5.74, 6) is 0.188. The summed E-state index contributed by atoms with van der Waals surface area (Å²) in [5.41, 5.74) is 9.99. The first kappa shape index (κ1) is 31.3. The van der Waals surface area contributed by atoms with Crippen LogP contribution in [0.1, 0.15) is 21.5 Å². The summed E-state index contributed by atoms with van der Waals surface area (Å²) in [6.07, 6.45) is 0. The van der Waals surface area contributed by atoms with Gasteiger partial charge in [0.1, 0.15) is 11.6 Å². The highest BCUT2D eigenvalue weighted by molar-refractivity contribution is 6.30. The standard InChI is InChI=1S/C36H32ClFN4O3/c37-30-17-18-33(34(22-30)45-31-11-6-7-25(21-31)23-39)42(20-19-40-36(44)41-24-29-10-4-5-12-32(29)38)35(43)28-15-13-27(14-16-28)26-8-2-1-3-9-26/h1-18,21-22H,19-20,23-24,39H2,(H2,40,41,44). The maximum absolute atomic E-state index is 14.1. The summed E-state index contributed by atoms with van der Waals surface area (Å²) >= 11 is 6.37. The third-order valence-electron chi connectivity index (χ3n) is 7.08. The van der Waals surface area contributed by atoms with Crippen LogP contribution in [-0.2, 0) is 13.1 Å². The summed E-state index contributed by atoms with van der Waals surface area (Å²) in [5, 5.41) is 5.84. The Balaban J connectivity index is 1.38. The van der Waals surface area contributed by atoms with Gasteiger partial charge in [-0.2, -0.15) is 0 Å². The Hall–Kier alpha value is -5.18. The van der Waals surface area contributed by atoms with E-state index in [0.29, 0.717) is 39.9 Å². The molecular weight excluding hydrogens is 591 g/mol. The van der Waals surface area contributed by atoms with E-state index < -0.39 is 11.8 Å². The van der Waals surface area contributed by atoms with Crippen LogP contribution in [0.4, 0.5) is 14.9 Å². The molecule has 0 fully saturated rings. The molecule has 0 aliphatic heterocycles. The van der Waals surface area contributed by atoms with Gasteiger partial charge in [0.2, 0.25) is 0 Å². The molecule has 0 unspecified atom stereocenters. The second kappa shape index (κ2) is 15.0. The maximum Gasteiger partial charge on any atom is 0.315 e. The van der Waals surface area contributed by atoms with E-state index >= 15 is 0 Å². The fourth-order valence-electron chi connectivity index (χ4n) is 4.74. The van der Waals surface area contributed by atoms with E-state index in [0.717, 1.165) is 16.7 Å². The van der Waals surface area contributed by atoms with E-state index in [1.165, 1.54) is 11.0 Å². The first-order chi connectivity index (χ1) is 21.9. The van der Waals surface area contributed by atoms with Crippen molar-refractivity contribution in [2.45, 2.75) is 13.1 Å². The number of nitrogens with one attached hydrogen (secondary N) is 2. The van der Waals surface area contributed by atoms with E-state index in [1.807, 2.05) is 60.7 Å². The summed E-state index contributed by atoms with van der Waals surface area (Å²) in [4.78, 5) is 28.2. The zero-order valence-electron chi connectivity index (χ0n) is 24.4. The second-order valence-corrected chi connectivity index (χ2v) is 10.6. The second-order valence-electron chi connectivity index (χ2n) is 10.2. The molecule has 228 valence electrons. The van der Waals surface area contributed by atoms with Crippen LogP contribution in [0.2, 0.25) is 5.02 Å². The molecule has 0 spiro atoms. The van der Waals surface area contributed by atoms with Crippen LogP contribution in [0.5, 0.6) is 11.5 Å². The largest absolute Gasteiger partial charge is 0.455 e. The van der Waals surface area contributed by atoms with Gasteiger partial charge in [0.15, 0.2) is 5.75 Å². The van der Waals surface area contributed by atoms with E-state index in [2.05, 4.69) is 10.6 Å². The van der Waals surface area contributed by atoms with Crippen molar-refractivity contribution in [2.75, 3.05) is 18.0 Å². The fourth-order valence-corrected chi connectivity index (χ4v) is 4.90. The molecule has 0 radical (unpaired) electrons. The van der Waals surface area contributed by atoms with Gasteiger partial charge in [-0.15, -0.1) is 0 Å². The molecule has 0 heterocycles. The third kappa shape index (κ3) is 8.26. The van der Waals surface area contributed by atoms with Gasteiger partial charge < -0.3 is 26.0 Å². The predicted octanol–water partition coefficient (Wildman–Crippen LogP) is 7.54. The van der Waals surface area contributed by atoms with Gasteiger partial charge in [-0.25, -0.2) is 9.18 Å². The van der Waals surface area contributed by atoms with Crippen molar-refractivity contribution in [1.82, 2.24) is 10.6 Å². The zero-order valence-corrected chi connectivity index (χ0v) is 25.1. The number of halogens is 2. The number of anilines is 1.